The third-order valence-corrected chi connectivity index (χ3v) is 3.95. The fraction of sp³-hybridized carbons (Fsp3) is 0.0588. The van der Waals surface area contributed by atoms with Gasteiger partial charge in [0.15, 0.2) is 0 Å². The maximum atomic E-state index is 12.5. The minimum atomic E-state index is -0.625. The summed E-state index contributed by atoms with van der Waals surface area (Å²) < 4.78 is 0. The lowest BCUT2D eigenvalue weighted by molar-refractivity contribution is -0.384. The van der Waals surface area contributed by atoms with Crippen LogP contribution in [-0.4, -0.2) is 16.7 Å². The second kappa shape index (κ2) is 6.37. The van der Waals surface area contributed by atoms with Crippen LogP contribution < -0.4 is 10.4 Å². The molecule has 2 amide bonds. The van der Waals surface area contributed by atoms with E-state index < -0.39 is 16.7 Å². The fourth-order valence-electron chi connectivity index (χ4n) is 2.43. The molecule has 1 N–H and O–H groups in total. The van der Waals surface area contributed by atoms with E-state index in [2.05, 4.69) is 5.43 Å². The zero-order chi connectivity index (χ0) is 18.1. The Morgan fingerprint density at radius 3 is 2.64 bits per heavy atom. The molecule has 1 fully saturated rings. The highest BCUT2D eigenvalue weighted by Gasteiger charge is 2.34. The van der Waals surface area contributed by atoms with Crippen LogP contribution in [0.25, 0.3) is 6.08 Å². The van der Waals surface area contributed by atoms with Crippen molar-refractivity contribution < 1.29 is 14.5 Å². The second-order valence-corrected chi connectivity index (χ2v) is 5.85. The number of aryl methyl sites for hydroxylation is 1. The second-order valence-electron chi connectivity index (χ2n) is 5.45. The first-order valence-corrected chi connectivity index (χ1v) is 7.62. The van der Waals surface area contributed by atoms with Crippen molar-refractivity contribution in [2.45, 2.75) is 6.92 Å². The molecule has 3 rings (SSSR count). The Morgan fingerprint density at radius 2 is 1.96 bits per heavy atom. The Bertz CT molecular complexity index is 939. The highest BCUT2D eigenvalue weighted by molar-refractivity contribution is 6.33. The maximum Gasteiger partial charge on any atom is 0.288 e. The van der Waals surface area contributed by atoms with E-state index in [9.17, 15) is 19.7 Å². The van der Waals surface area contributed by atoms with E-state index in [0.29, 0.717) is 11.3 Å². The van der Waals surface area contributed by atoms with E-state index in [1.807, 2.05) is 13.0 Å². The van der Waals surface area contributed by atoms with Gasteiger partial charge in [0, 0.05) is 6.07 Å². The molecule has 7 nitrogen and oxygen atoms in total. The summed E-state index contributed by atoms with van der Waals surface area (Å²) in [7, 11) is 0. The molecule has 25 heavy (non-hydrogen) atoms. The molecule has 0 saturated carbocycles. The summed E-state index contributed by atoms with van der Waals surface area (Å²) >= 11 is 5.77. The summed E-state index contributed by atoms with van der Waals surface area (Å²) in [5.41, 5.74) is 3.88. The van der Waals surface area contributed by atoms with Crippen LogP contribution in [-0.2, 0) is 9.59 Å². The smallest absolute Gasteiger partial charge is 0.267 e. The number of hydrazine groups is 1. The van der Waals surface area contributed by atoms with E-state index >= 15 is 0 Å². The Labute approximate surface area is 147 Å². The molecule has 8 heteroatoms. The van der Waals surface area contributed by atoms with Gasteiger partial charge in [-0.3, -0.25) is 25.1 Å². The van der Waals surface area contributed by atoms with Crippen LogP contribution in [0.3, 0.4) is 0 Å². The van der Waals surface area contributed by atoms with Gasteiger partial charge in [-0.15, -0.1) is 0 Å². The molecule has 0 radical (unpaired) electrons. The van der Waals surface area contributed by atoms with Gasteiger partial charge in [-0.2, -0.15) is 0 Å². The van der Waals surface area contributed by atoms with Crippen molar-refractivity contribution in [3.63, 3.8) is 0 Å². The minimum absolute atomic E-state index is 0.0178. The van der Waals surface area contributed by atoms with Crippen LogP contribution in [0.2, 0.25) is 5.02 Å². The number of benzene rings is 2. The standard InChI is InChI=1S/C17H12ClN3O4/c1-10-3-2-4-12(7-10)20-17(23)13(16(22)19-20)8-11-5-6-14(18)15(9-11)21(24)25/h2-9H,1H3,(H,19,22)/b13-8-. The first-order valence-electron chi connectivity index (χ1n) is 7.24. The first kappa shape index (κ1) is 16.7. The van der Waals surface area contributed by atoms with E-state index in [0.717, 1.165) is 10.6 Å². The first-order chi connectivity index (χ1) is 11.9. The minimum Gasteiger partial charge on any atom is -0.267 e. The monoisotopic (exact) mass is 357 g/mol. The third-order valence-electron chi connectivity index (χ3n) is 3.63. The van der Waals surface area contributed by atoms with Crippen LogP contribution in [0.5, 0.6) is 0 Å². The zero-order valence-corrected chi connectivity index (χ0v) is 13.8. The quantitative estimate of drug-likeness (QED) is 0.395. The van der Waals surface area contributed by atoms with Gasteiger partial charge in [0.2, 0.25) is 0 Å². The number of carbonyl (C=O) groups excluding carboxylic acids is 2. The molecule has 2 aromatic rings. The van der Waals surface area contributed by atoms with Crippen molar-refractivity contribution in [1.29, 1.82) is 0 Å². The van der Waals surface area contributed by atoms with Crippen LogP contribution >= 0.6 is 11.6 Å². The molecule has 0 spiro atoms. The number of carbonyl (C=O) groups is 2. The van der Waals surface area contributed by atoms with E-state index in [4.69, 9.17) is 11.6 Å². The molecule has 0 aliphatic carbocycles. The zero-order valence-electron chi connectivity index (χ0n) is 13.0. The highest BCUT2D eigenvalue weighted by atomic mass is 35.5. The van der Waals surface area contributed by atoms with Gasteiger partial charge in [-0.1, -0.05) is 29.8 Å². The highest BCUT2D eigenvalue weighted by Crippen LogP contribution is 2.27. The average molecular weight is 358 g/mol. The van der Waals surface area contributed by atoms with Crippen LogP contribution in [0.1, 0.15) is 11.1 Å². The molecule has 0 atom stereocenters. The summed E-state index contributed by atoms with van der Waals surface area (Å²) in [5.74, 6) is -1.11. The van der Waals surface area contributed by atoms with Crippen molar-refractivity contribution >= 4 is 40.9 Å². The Morgan fingerprint density at radius 1 is 1.20 bits per heavy atom. The van der Waals surface area contributed by atoms with Crippen LogP contribution in [0, 0.1) is 17.0 Å². The van der Waals surface area contributed by atoms with Gasteiger partial charge in [-0.25, -0.2) is 5.01 Å². The Balaban J connectivity index is 1.97. The molecule has 0 aromatic heterocycles. The molecule has 1 saturated heterocycles. The molecule has 2 aromatic carbocycles. The van der Waals surface area contributed by atoms with E-state index in [1.165, 1.54) is 24.3 Å². The van der Waals surface area contributed by atoms with Gasteiger partial charge < -0.3 is 0 Å². The molecule has 1 aliphatic rings. The predicted octanol–water partition coefficient (Wildman–Crippen LogP) is 3.02. The third kappa shape index (κ3) is 3.22. The lowest BCUT2D eigenvalue weighted by atomic mass is 10.1. The number of nitrogens with one attached hydrogen (secondary N) is 1. The van der Waals surface area contributed by atoms with Crippen molar-refractivity contribution in [2.24, 2.45) is 0 Å². The summed E-state index contributed by atoms with van der Waals surface area (Å²) in [6.45, 7) is 1.87. The molecular formula is C17H12ClN3O4. The molecule has 1 aliphatic heterocycles. The number of nitrogens with zero attached hydrogens (tertiary/aromatic N) is 2. The number of anilines is 1. The molecule has 1 heterocycles. The number of hydrogen-bond donors (Lipinski definition) is 1. The Hall–Kier alpha value is -3.19. The average Bonchev–Trinajstić information content (AvgIpc) is 2.84. The molecular weight excluding hydrogens is 346 g/mol. The van der Waals surface area contributed by atoms with Crippen LogP contribution in [0.4, 0.5) is 11.4 Å². The number of nitro benzene ring substituents is 1. The summed E-state index contributed by atoms with van der Waals surface area (Å²) in [5, 5.41) is 12.1. The Kier molecular flexibility index (Phi) is 4.24. The van der Waals surface area contributed by atoms with Gasteiger partial charge >= 0.3 is 0 Å². The van der Waals surface area contributed by atoms with Crippen molar-refractivity contribution in [3.05, 3.63) is 74.3 Å². The van der Waals surface area contributed by atoms with E-state index in [-0.39, 0.29) is 16.3 Å². The maximum absolute atomic E-state index is 12.5. The van der Waals surface area contributed by atoms with Crippen LogP contribution in [0.15, 0.2) is 48.0 Å². The number of nitro groups is 1. The summed E-state index contributed by atoms with van der Waals surface area (Å²) in [6.07, 6.45) is 1.30. The summed E-state index contributed by atoms with van der Waals surface area (Å²) in [4.78, 5) is 35.0. The van der Waals surface area contributed by atoms with Gasteiger partial charge in [-0.05, 0) is 42.3 Å². The van der Waals surface area contributed by atoms with E-state index in [1.54, 1.807) is 18.2 Å². The lowest BCUT2D eigenvalue weighted by Crippen LogP contribution is -2.35. The number of halogens is 1. The SMILES string of the molecule is Cc1cccc(N2NC(=O)/C(=C/c3ccc(Cl)c([N+](=O)[O-])c3)C2=O)c1. The lowest BCUT2D eigenvalue weighted by Gasteiger charge is -2.14. The predicted molar refractivity (Wildman–Crippen MR) is 92.9 cm³/mol. The van der Waals surface area contributed by atoms with Crippen molar-refractivity contribution in [2.75, 3.05) is 5.01 Å². The number of amides is 2. The van der Waals surface area contributed by atoms with Gasteiger partial charge in [0.25, 0.3) is 17.5 Å². The normalized spacial score (nSPS) is 15.6. The fourth-order valence-corrected chi connectivity index (χ4v) is 2.62. The summed E-state index contributed by atoms with van der Waals surface area (Å²) in [6, 6.07) is 11.2. The number of rotatable bonds is 3. The molecule has 0 unspecified atom stereocenters. The molecule has 126 valence electrons. The van der Waals surface area contributed by atoms with Crippen molar-refractivity contribution in [1.82, 2.24) is 5.43 Å². The number of hydrogen-bond acceptors (Lipinski definition) is 4. The topological polar surface area (TPSA) is 92.6 Å². The molecule has 0 bridgehead atoms. The largest absolute Gasteiger partial charge is 0.288 e. The van der Waals surface area contributed by atoms with Crippen molar-refractivity contribution in [3.8, 4) is 0 Å². The van der Waals surface area contributed by atoms with Gasteiger partial charge in [0.05, 0.1) is 10.6 Å². The van der Waals surface area contributed by atoms with Gasteiger partial charge in [0.1, 0.15) is 10.6 Å².